The van der Waals surface area contributed by atoms with Gasteiger partial charge in [0.1, 0.15) is 11.7 Å². The summed E-state index contributed by atoms with van der Waals surface area (Å²) in [5, 5.41) is 1.00. The Morgan fingerprint density at radius 3 is 2.82 bits per heavy atom. The Kier molecular flexibility index (Phi) is 2.96. The number of carbonyl (C=O) groups excluding carboxylic acids is 2. The van der Waals surface area contributed by atoms with Crippen LogP contribution in [0, 0.1) is 11.8 Å². The Hall–Kier alpha value is -2.30. The number of para-hydroxylation sites is 1. The summed E-state index contributed by atoms with van der Waals surface area (Å²) in [4.78, 5) is 29.6. The molecule has 114 valence electrons. The molecule has 2 amide bonds. The van der Waals surface area contributed by atoms with E-state index in [9.17, 15) is 9.59 Å². The van der Waals surface area contributed by atoms with E-state index >= 15 is 0 Å². The van der Waals surface area contributed by atoms with Crippen LogP contribution in [0.4, 0.5) is 0 Å². The van der Waals surface area contributed by atoms with Crippen LogP contribution in [-0.2, 0) is 4.79 Å². The molecule has 2 aliphatic rings. The lowest BCUT2D eigenvalue weighted by molar-refractivity contribution is -0.122. The number of nitrogens with one attached hydrogen (secondary N) is 1. The lowest BCUT2D eigenvalue weighted by Gasteiger charge is -2.24. The maximum Gasteiger partial charge on any atom is 0.271 e. The fourth-order valence-electron chi connectivity index (χ4n) is 4.22. The molecule has 2 heterocycles. The van der Waals surface area contributed by atoms with Gasteiger partial charge in [-0.3, -0.25) is 9.59 Å². The number of rotatable bonds is 2. The Labute approximate surface area is 128 Å². The average molecular weight is 297 g/mol. The summed E-state index contributed by atoms with van der Waals surface area (Å²) in [6.07, 6.45) is 3.22. The molecule has 4 rings (SSSR count). The van der Waals surface area contributed by atoms with Crippen molar-refractivity contribution in [1.29, 1.82) is 0 Å². The number of aromatic amines is 1. The first-order valence-electron chi connectivity index (χ1n) is 7.83. The molecule has 3 atom stereocenters. The standard InChI is InChI=1S/C17H19N3O2/c18-16(21)15-12-6-3-5-11(12)9-20(15)17(22)14-8-10-4-1-2-7-13(10)19-14/h1-2,4,7-8,11-12,15,19H,3,5-6,9H2,(H2,18,21). The largest absolute Gasteiger partial charge is 0.368 e. The first-order chi connectivity index (χ1) is 10.6. The third kappa shape index (κ3) is 1.92. The fourth-order valence-corrected chi connectivity index (χ4v) is 4.22. The number of primary amides is 1. The third-order valence-corrected chi connectivity index (χ3v) is 5.20. The minimum Gasteiger partial charge on any atom is -0.368 e. The molecule has 5 heteroatoms. The molecular weight excluding hydrogens is 278 g/mol. The summed E-state index contributed by atoms with van der Waals surface area (Å²) in [6.45, 7) is 0.645. The van der Waals surface area contributed by atoms with Crippen molar-refractivity contribution >= 4 is 22.7 Å². The number of nitrogens with two attached hydrogens (primary N) is 1. The van der Waals surface area contributed by atoms with E-state index < -0.39 is 6.04 Å². The van der Waals surface area contributed by atoms with Gasteiger partial charge in [-0.1, -0.05) is 24.6 Å². The lowest BCUT2D eigenvalue weighted by Crippen LogP contribution is -2.46. The van der Waals surface area contributed by atoms with Crippen LogP contribution in [0.3, 0.4) is 0 Å². The lowest BCUT2D eigenvalue weighted by atomic mass is 9.94. The SMILES string of the molecule is NC(=O)C1C2CCCC2CN1C(=O)c1cc2ccccc2[nH]1. The highest BCUT2D eigenvalue weighted by Crippen LogP contribution is 2.42. The van der Waals surface area contributed by atoms with E-state index in [1.54, 1.807) is 4.90 Å². The van der Waals surface area contributed by atoms with Gasteiger partial charge in [-0.2, -0.15) is 0 Å². The highest BCUT2D eigenvalue weighted by atomic mass is 16.2. The zero-order valence-electron chi connectivity index (χ0n) is 12.3. The number of likely N-dealkylation sites (tertiary alicyclic amines) is 1. The number of carbonyl (C=O) groups is 2. The molecule has 0 bridgehead atoms. The third-order valence-electron chi connectivity index (χ3n) is 5.20. The second-order valence-corrected chi connectivity index (χ2v) is 6.43. The zero-order chi connectivity index (χ0) is 15.3. The van der Waals surface area contributed by atoms with Crippen LogP contribution in [0.25, 0.3) is 10.9 Å². The van der Waals surface area contributed by atoms with Gasteiger partial charge in [0, 0.05) is 17.4 Å². The molecule has 3 N–H and O–H groups in total. The predicted octanol–water partition coefficient (Wildman–Crippen LogP) is 1.89. The fraction of sp³-hybridized carbons (Fsp3) is 0.412. The van der Waals surface area contributed by atoms with Crippen LogP contribution >= 0.6 is 0 Å². The molecule has 0 spiro atoms. The van der Waals surface area contributed by atoms with Gasteiger partial charge in [0.05, 0.1) is 0 Å². The first-order valence-corrected chi connectivity index (χ1v) is 7.83. The summed E-state index contributed by atoms with van der Waals surface area (Å²) < 4.78 is 0. The molecule has 1 aliphatic carbocycles. The summed E-state index contributed by atoms with van der Waals surface area (Å²) in [7, 11) is 0. The van der Waals surface area contributed by atoms with Gasteiger partial charge >= 0.3 is 0 Å². The van der Waals surface area contributed by atoms with E-state index in [-0.39, 0.29) is 17.7 Å². The Balaban J connectivity index is 1.68. The first kappa shape index (κ1) is 13.4. The van der Waals surface area contributed by atoms with Crippen LogP contribution < -0.4 is 5.73 Å². The van der Waals surface area contributed by atoms with Crippen molar-refractivity contribution in [3.8, 4) is 0 Å². The molecule has 5 nitrogen and oxygen atoms in total. The van der Waals surface area contributed by atoms with Crippen molar-refractivity contribution in [3.63, 3.8) is 0 Å². The van der Waals surface area contributed by atoms with Gasteiger partial charge in [-0.25, -0.2) is 0 Å². The van der Waals surface area contributed by atoms with Crippen LogP contribution in [0.2, 0.25) is 0 Å². The molecule has 1 aliphatic heterocycles. The molecule has 22 heavy (non-hydrogen) atoms. The minimum atomic E-state index is -0.452. The van der Waals surface area contributed by atoms with Gasteiger partial charge in [0.25, 0.3) is 5.91 Å². The van der Waals surface area contributed by atoms with E-state index in [1.807, 2.05) is 30.3 Å². The summed E-state index contributed by atoms with van der Waals surface area (Å²) in [6, 6.07) is 9.18. The van der Waals surface area contributed by atoms with Crippen molar-refractivity contribution < 1.29 is 9.59 Å². The van der Waals surface area contributed by atoms with Gasteiger partial charge < -0.3 is 15.6 Å². The zero-order valence-corrected chi connectivity index (χ0v) is 12.3. The maximum absolute atomic E-state index is 12.8. The highest BCUT2D eigenvalue weighted by molar-refractivity contribution is 6.00. The van der Waals surface area contributed by atoms with E-state index in [1.165, 1.54) is 0 Å². The van der Waals surface area contributed by atoms with Crippen molar-refractivity contribution in [2.24, 2.45) is 17.6 Å². The quantitative estimate of drug-likeness (QED) is 0.888. The number of fused-ring (bicyclic) bond motifs is 2. The van der Waals surface area contributed by atoms with Crippen molar-refractivity contribution in [2.75, 3.05) is 6.54 Å². The number of hydrogen-bond acceptors (Lipinski definition) is 2. The molecule has 2 aromatic rings. The Bertz CT molecular complexity index is 718. The van der Waals surface area contributed by atoms with Gasteiger partial charge in [0.2, 0.25) is 5.91 Å². The molecule has 2 fully saturated rings. The van der Waals surface area contributed by atoms with Crippen molar-refractivity contribution in [3.05, 3.63) is 36.0 Å². The minimum absolute atomic E-state index is 0.116. The molecule has 1 saturated heterocycles. The monoisotopic (exact) mass is 297 g/mol. The molecule has 3 unspecified atom stereocenters. The van der Waals surface area contributed by atoms with Gasteiger partial charge in [0.15, 0.2) is 0 Å². The second-order valence-electron chi connectivity index (χ2n) is 6.43. The molecule has 0 radical (unpaired) electrons. The summed E-state index contributed by atoms with van der Waals surface area (Å²) in [5.74, 6) is 0.171. The van der Waals surface area contributed by atoms with E-state index in [0.29, 0.717) is 18.2 Å². The van der Waals surface area contributed by atoms with Gasteiger partial charge in [-0.15, -0.1) is 0 Å². The van der Waals surface area contributed by atoms with Gasteiger partial charge in [-0.05, 0) is 36.8 Å². The molecule has 1 aromatic heterocycles. The van der Waals surface area contributed by atoms with Crippen molar-refractivity contribution in [2.45, 2.75) is 25.3 Å². The van der Waals surface area contributed by atoms with Crippen LogP contribution in [0.15, 0.2) is 30.3 Å². The molecule has 1 aromatic carbocycles. The number of nitrogens with zero attached hydrogens (tertiary/aromatic N) is 1. The Morgan fingerprint density at radius 1 is 1.23 bits per heavy atom. The molecular formula is C17H19N3O2. The number of amides is 2. The Morgan fingerprint density at radius 2 is 2.05 bits per heavy atom. The predicted molar refractivity (Wildman–Crippen MR) is 83.1 cm³/mol. The number of hydrogen-bond donors (Lipinski definition) is 2. The van der Waals surface area contributed by atoms with Crippen LogP contribution in [0.5, 0.6) is 0 Å². The summed E-state index contributed by atoms with van der Waals surface area (Å²) in [5.41, 5.74) is 7.06. The van der Waals surface area contributed by atoms with E-state index in [0.717, 1.165) is 30.2 Å². The number of benzene rings is 1. The van der Waals surface area contributed by atoms with E-state index in [2.05, 4.69) is 4.98 Å². The van der Waals surface area contributed by atoms with Crippen LogP contribution in [-0.4, -0.2) is 34.3 Å². The topological polar surface area (TPSA) is 79.2 Å². The maximum atomic E-state index is 12.8. The smallest absolute Gasteiger partial charge is 0.271 e. The molecule has 1 saturated carbocycles. The number of H-pyrrole nitrogens is 1. The van der Waals surface area contributed by atoms with E-state index in [4.69, 9.17) is 5.73 Å². The number of aromatic nitrogens is 1. The highest BCUT2D eigenvalue weighted by Gasteiger charge is 2.48. The normalized spacial score (nSPS) is 27.3. The average Bonchev–Trinajstić information content (AvgIpc) is 3.18. The second kappa shape index (κ2) is 4.87. The summed E-state index contributed by atoms with van der Waals surface area (Å²) >= 11 is 0. The van der Waals surface area contributed by atoms with Crippen LogP contribution in [0.1, 0.15) is 29.8 Å². The van der Waals surface area contributed by atoms with Crippen molar-refractivity contribution in [1.82, 2.24) is 9.88 Å².